The number of benzene rings is 1. The summed E-state index contributed by atoms with van der Waals surface area (Å²) < 4.78 is 0. The maximum atomic E-state index is 12.3. The van der Waals surface area contributed by atoms with Gasteiger partial charge in [-0.15, -0.1) is 0 Å². The second-order valence-corrected chi connectivity index (χ2v) is 6.16. The van der Waals surface area contributed by atoms with E-state index in [9.17, 15) is 4.79 Å². The Hall–Kier alpha value is -1.75. The first-order valence-electron chi connectivity index (χ1n) is 6.73. The predicted molar refractivity (Wildman–Crippen MR) is 82.0 cm³/mol. The van der Waals surface area contributed by atoms with Crippen molar-refractivity contribution in [3.63, 3.8) is 0 Å². The van der Waals surface area contributed by atoms with Gasteiger partial charge in [0, 0.05) is 30.2 Å². The molecule has 0 atom stereocenters. The number of nitrogens with one attached hydrogen (secondary N) is 1. The van der Waals surface area contributed by atoms with E-state index >= 15 is 0 Å². The molecule has 2 heterocycles. The van der Waals surface area contributed by atoms with Crippen LogP contribution in [0.15, 0.2) is 30.3 Å². The lowest BCUT2D eigenvalue weighted by Crippen LogP contribution is -2.38. The number of nitrogens with zero attached hydrogens (tertiary/aromatic N) is 2. The van der Waals surface area contributed by atoms with E-state index < -0.39 is 0 Å². The molecular weight excluding hydrogens is 270 g/mol. The highest BCUT2D eigenvalue weighted by molar-refractivity contribution is 7.99. The second kappa shape index (κ2) is 5.71. The molecule has 1 fully saturated rings. The van der Waals surface area contributed by atoms with Crippen LogP contribution in [0.2, 0.25) is 0 Å². The first kappa shape index (κ1) is 13.2. The van der Waals surface area contributed by atoms with Crippen molar-refractivity contribution in [3.8, 4) is 11.3 Å². The Morgan fingerprint density at radius 1 is 1.25 bits per heavy atom. The molecule has 0 saturated carbocycles. The SMILES string of the molecule is Cc1ccc(-c2cc(C(=O)N3CCSCC3)[nH]n2)cc1. The molecule has 2 aromatic rings. The molecule has 20 heavy (non-hydrogen) atoms. The van der Waals surface area contributed by atoms with Crippen LogP contribution in [0.25, 0.3) is 11.3 Å². The molecule has 5 heteroatoms. The Bertz CT molecular complexity index is 600. The van der Waals surface area contributed by atoms with Gasteiger partial charge in [-0.2, -0.15) is 16.9 Å². The molecule has 0 radical (unpaired) electrons. The monoisotopic (exact) mass is 287 g/mol. The van der Waals surface area contributed by atoms with Crippen LogP contribution in [0.3, 0.4) is 0 Å². The van der Waals surface area contributed by atoms with Crippen LogP contribution in [0.1, 0.15) is 16.1 Å². The number of rotatable bonds is 2. The fourth-order valence-electron chi connectivity index (χ4n) is 2.24. The van der Waals surface area contributed by atoms with E-state index in [0.717, 1.165) is 35.9 Å². The smallest absolute Gasteiger partial charge is 0.271 e. The molecule has 4 nitrogen and oxygen atoms in total. The van der Waals surface area contributed by atoms with Crippen molar-refractivity contribution in [1.29, 1.82) is 0 Å². The van der Waals surface area contributed by atoms with Crippen molar-refractivity contribution >= 4 is 17.7 Å². The summed E-state index contributed by atoms with van der Waals surface area (Å²) >= 11 is 1.89. The minimum Gasteiger partial charge on any atom is -0.336 e. The number of carbonyl (C=O) groups is 1. The minimum atomic E-state index is 0.0520. The molecular formula is C15H17N3OS. The molecule has 1 N–H and O–H groups in total. The van der Waals surface area contributed by atoms with E-state index in [0.29, 0.717) is 5.69 Å². The van der Waals surface area contributed by atoms with Gasteiger partial charge in [-0.25, -0.2) is 0 Å². The Morgan fingerprint density at radius 2 is 1.95 bits per heavy atom. The number of H-pyrrole nitrogens is 1. The number of amides is 1. The highest BCUT2D eigenvalue weighted by atomic mass is 32.2. The molecule has 1 saturated heterocycles. The van der Waals surface area contributed by atoms with E-state index in [1.807, 2.05) is 47.0 Å². The number of aromatic nitrogens is 2. The van der Waals surface area contributed by atoms with E-state index in [-0.39, 0.29) is 5.91 Å². The molecule has 0 bridgehead atoms. The third-order valence-corrected chi connectivity index (χ3v) is 4.40. The predicted octanol–water partition coefficient (Wildman–Crippen LogP) is 2.57. The zero-order valence-corrected chi connectivity index (χ0v) is 12.2. The van der Waals surface area contributed by atoms with Crippen LogP contribution in [0, 0.1) is 6.92 Å². The number of aromatic amines is 1. The molecule has 3 rings (SSSR count). The van der Waals surface area contributed by atoms with Crippen molar-refractivity contribution in [1.82, 2.24) is 15.1 Å². The van der Waals surface area contributed by atoms with E-state index in [1.54, 1.807) is 0 Å². The van der Waals surface area contributed by atoms with Crippen LogP contribution in [0.4, 0.5) is 0 Å². The first-order chi connectivity index (χ1) is 9.74. The summed E-state index contributed by atoms with van der Waals surface area (Å²) in [5.41, 5.74) is 3.64. The Kier molecular flexibility index (Phi) is 3.78. The highest BCUT2D eigenvalue weighted by Crippen LogP contribution is 2.19. The van der Waals surface area contributed by atoms with E-state index in [4.69, 9.17) is 0 Å². The van der Waals surface area contributed by atoms with E-state index in [2.05, 4.69) is 17.1 Å². The molecule has 0 spiro atoms. The average Bonchev–Trinajstić information content (AvgIpc) is 2.98. The molecule has 1 aromatic carbocycles. The molecule has 1 aliphatic heterocycles. The molecule has 0 aliphatic carbocycles. The third kappa shape index (κ3) is 2.72. The summed E-state index contributed by atoms with van der Waals surface area (Å²) in [6.07, 6.45) is 0. The summed E-state index contributed by atoms with van der Waals surface area (Å²) in [4.78, 5) is 14.2. The number of hydrogen-bond acceptors (Lipinski definition) is 3. The van der Waals surface area contributed by atoms with Gasteiger partial charge in [-0.3, -0.25) is 9.89 Å². The molecule has 1 aromatic heterocycles. The molecule has 104 valence electrons. The van der Waals surface area contributed by atoms with Gasteiger partial charge in [0.25, 0.3) is 5.91 Å². The number of hydrogen-bond donors (Lipinski definition) is 1. The lowest BCUT2D eigenvalue weighted by Gasteiger charge is -2.25. The summed E-state index contributed by atoms with van der Waals surface area (Å²) in [6, 6.07) is 9.99. The number of carbonyl (C=O) groups excluding carboxylic acids is 1. The highest BCUT2D eigenvalue weighted by Gasteiger charge is 2.20. The molecule has 1 amide bonds. The van der Waals surface area contributed by atoms with Gasteiger partial charge in [0.05, 0.1) is 5.69 Å². The fourth-order valence-corrected chi connectivity index (χ4v) is 3.14. The van der Waals surface area contributed by atoms with Crippen LogP contribution < -0.4 is 0 Å². The van der Waals surface area contributed by atoms with Crippen LogP contribution in [0.5, 0.6) is 0 Å². The maximum absolute atomic E-state index is 12.3. The summed E-state index contributed by atoms with van der Waals surface area (Å²) in [6.45, 7) is 3.70. The second-order valence-electron chi connectivity index (χ2n) is 4.94. The van der Waals surface area contributed by atoms with Crippen LogP contribution in [-0.4, -0.2) is 45.6 Å². The quantitative estimate of drug-likeness (QED) is 0.923. The van der Waals surface area contributed by atoms with Crippen molar-refractivity contribution in [3.05, 3.63) is 41.6 Å². The molecule has 0 unspecified atom stereocenters. The van der Waals surface area contributed by atoms with Crippen molar-refractivity contribution in [2.24, 2.45) is 0 Å². The van der Waals surface area contributed by atoms with Gasteiger partial charge >= 0.3 is 0 Å². The summed E-state index contributed by atoms with van der Waals surface area (Å²) in [5, 5.41) is 7.12. The van der Waals surface area contributed by atoms with Crippen molar-refractivity contribution in [2.75, 3.05) is 24.6 Å². The Labute approximate surface area is 122 Å². The first-order valence-corrected chi connectivity index (χ1v) is 7.89. The maximum Gasteiger partial charge on any atom is 0.271 e. The van der Waals surface area contributed by atoms with Gasteiger partial charge < -0.3 is 4.90 Å². The Balaban J connectivity index is 1.79. The van der Waals surface area contributed by atoms with Crippen molar-refractivity contribution in [2.45, 2.75) is 6.92 Å². The van der Waals surface area contributed by atoms with Crippen LogP contribution in [-0.2, 0) is 0 Å². The fraction of sp³-hybridized carbons (Fsp3) is 0.333. The standard InChI is InChI=1S/C15H17N3OS/c1-11-2-4-12(5-3-11)13-10-14(17-16-13)15(19)18-6-8-20-9-7-18/h2-5,10H,6-9H2,1H3,(H,16,17). The lowest BCUT2D eigenvalue weighted by atomic mass is 10.1. The Morgan fingerprint density at radius 3 is 2.65 bits per heavy atom. The molecule has 1 aliphatic rings. The number of thioether (sulfide) groups is 1. The lowest BCUT2D eigenvalue weighted by molar-refractivity contribution is 0.0766. The van der Waals surface area contributed by atoms with Gasteiger partial charge in [0.15, 0.2) is 0 Å². The summed E-state index contributed by atoms with van der Waals surface area (Å²) in [7, 11) is 0. The minimum absolute atomic E-state index is 0.0520. The normalized spacial score (nSPS) is 15.3. The van der Waals surface area contributed by atoms with E-state index in [1.165, 1.54) is 5.56 Å². The number of aryl methyl sites for hydroxylation is 1. The largest absolute Gasteiger partial charge is 0.336 e. The van der Waals surface area contributed by atoms with Crippen LogP contribution >= 0.6 is 11.8 Å². The van der Waals surface area contributed by atoms with Gasteiger partial charge in [0.2, 0.25) is 0 Å². The third-order valence-electron chi connectivity index (χ3n) is 3.45. The average molecular weight is 287 g/mol. The van der Waals surface area contributed by atoms with Gasteiger partial charge in [-0.05, 0) is 13.0 Å². The topological polar surface area (TPSA) is 49.0 Å². The zero-order valence-electron chi connectivity index (χ0n) is 11.4. The van der Waals surface area contributed by atoms with Gasteiger partial charge in [0.1, 0.15) is 5.69 Å². The summed E-state index contributed by atoms with van der Waals surface area (Å²) in [5.74, 6) is 2.09. The van der Waals surface area contributed by atoms with Gasteiger partial charge in [-0.1, -0.05) is 29.8 Å². The van der Waals surface area contributed by atoms with Crippen molar-refractivity contribution < 1.29 is 4.79 Å². The zero-order chi connectivity index (χ0) is 13.9.